The molecule has 3 nitrogen and oxygen atoms in total. The van der Waals surface area contributed by atoms with Crippen molar-refractivity contribution < 1.29 is 9.59 Å². The van der Waals surface area contributed by atoms with Crippen molar-refractivity contribution in [2.75, 3.05) is 0 Å². The van der Waals surface area contributed by atoms with Gasteiger partial charge in [0.05, 0.1) is 0 Å². The largest absolute Gasteiger partial charge is 0.286 e. The van der Waals surface area contributed by atoms with Crippen LogP contribution in [-0.2, 0) is 9.59 Å². The molecular weight excluding hydrogens is 222 g/mol. The van der Waals surface area contributed by atoms with Crippen LogP contribution in [0.4, 0.5) is 0 Å². The van der Waals surface area contributed by atoms with Crippen molar-refractivity contribution in [3.63, 3.8) is 0 Å². The highest BCUT2D eigenvalue weighted by atomic mass is 32.2. The molecule has 0 saturated heterocycles. The number of aliphatic imine (C=N–C) groups is 1. The molecule has 1 aliphatic heterocycles. The molecule has 1 amide bonds. The molecule has 0 aromatic heterocycles. The number of carbonyl (C=O) groups excluding carboxylic acids is 2. The Morgan fingerprint density at radius 2 is 1.75 bits per heavy atom. The topological polar surface area (TPSA) is 46.5 Å². The Morgan fingerprint density at radius 3 is 2.31 bits per heavy atom. The molecule has 1 aliphatic rings. The third-order valence-corrected chi connectivity index (χ3v) is 3.67. The van der Waals surface area contributed by atoms with Gasteiger partial charge in [0.15, 0.2) is 0 Å². The van der Waals surface area contributed by atoms with Gasteiger partial charge >= 0.3 is 0 Å². The summed E-state index contributed by atoms with van der Waals surface area (Å²) in [7, 11) is 0. The van der Waals surface area contributed by atoms with Crippen molar-refractivity contribution in [1.29, 1.82) is 0 Å². The lowest BCUT2D eigenvalue weighted by atomic mass is 9.94. The number of benzene rings is 1. The van der Waals surface area contributed by atoms with Crippen molar-refractivity contribution in [3.8, 4) is 0 Å². The zero-order valence-electron chi connectivity index (χ0n) is 9.06. The zero-order chi connectivity index (χ0) is 11.8. The number of amides is 1. The van der Waals surface area contributed by atoms with E-state index in [0.29, 0.717) is 5.04 Å². The number of thioether (sulfide) groups is 1. The molecule has 1 aromatic carbocycles. The van der Waals surface area contributed by atoms with E-state index in [0.717, 1.165) is 17.3 Å². The van der Waals surface area contributed by atoms with Gasteiger partial charge in [0, 0.05) is 5.56 Å². The maximum atomic E-state index is 11.8. The predicted octanol–water partition coefficient (Wildman–Crippen LogP) is 2.26. The molecule has 1 aromatic rings. The molecule has 0 aliphatic carbocycles. The highest BCUT2D eigenvalue weighted by molar-refractivity contribution is 8.27. The normalized spacial score (nSPS) is 19.5. The number of nitrogens with zero attached hydrogens (tertiary/aromatic N) is 1. The Bertz CT molecular complexity index is 477. The second kappa shape index (κ2) is 3.87. The molecule has 82 valence electrons. The van der Waals surface area contributed by atoms with Gasteiger partial charge in [0.2, 0.25) is 5.12 Å². The van der Waals surface area contributed by atoms with Crippen molar-refractivity contribution in [1.82, 2.24) is 0 Å². The van der Waals surface area contributed by atoms with Crippen LogP contribution in [0.1, 0.15) is 19.4 Å². The van der Waals surface area contributed by atoms with Crippen LogP contribution in [-0.4, -0.2) is 16.1 Å². The minimum absolute atomic E-state index is 0.147. The number of carbonyl (C=O) groups is 2. The van der Waals surface area contributed by atoms with Crippen LogP contribution in [0.2, 0.25) is 0 Å². The minimum atomic E-state index is -0.997. The lowest BCUT2D eigenvalue weighted by molar-refractivity contribution is -0.133. The van der Waals surface area contributed by atoms with Gasteiger partial charge in [-0.1, -0.05) is 30.3 Å². The van der Waals surface area contributed by atoms with Crippen LogP contribution in [0.25, 0.3) is 0 Å². The van der Waals surface area contributed by atoms with E-state index in [2.05, 4.69) is 4.99 Å². The van der Waals surface area contributed by atoms with Crippen molar-refractivity contribution >= 4 is 27.8 Å². The predicted molar refractivity (Wildman–Crippen MR) is 64.4 cm³/mol. The third kappa shape index (κ3) is 1.80. The summed E-state index contributed by atoms with van der Waals surface area (Å²) in [5, 5.41) is 0.348. The van der Waals surface area contributed by atoms with Gasteiger partial charge in [-0.3, -0.25) is 9.59 Å². The van der Waals surface area contributed by atoms with E-state index in [-0.39, 0.29) is 11.0 Å². The van der Waals surface area contributed by atoms with Gasteiger partial charge in [0.25, 0.3) is 5.91 Å². The highest BCUT2D eigenvalue weighted by Gasteiger charge is 2.40. The Labute approximate surface area is 98.0 Å². The van der Waals surface area contributed by atoms with Crippen LogP contribution in [0.5, 0.6) is 0 Å². The third-order valence-electron chi connectivity index (χ3n) is 2.46. The number of hydrogen-bond acceptors (Lipinski definition) is 3. The molecule has 0 bridgehead atoms. The average Bonchev–Trinajstić information content (AvgIpc) is 2.27. The zero-order valence-corrected chi connectivity index (χ0v) is 9.88. The quantitative estimate of drug-likeness (QED) is 0.699. The van der Waals surface area contributed by atoms with Crippen LogP contribution < -0.4 is 0 Å². The lowest BCUT2D eigenvalue weighted by Crippen LogP contribution is -2.35. The Kier molecular flexibility index (Phi) is 2.68. The van der Waals surface area contributed by atoms with Crippen LogP contribution in [0.15, 0.2) is 35.3 Å². The molecular formula is C12H11NO2S. The summed E-state index contributed by atoms with van der Waals surface area (Å²) in [6.07, 6.45) is 0. The van der Waals surface area contributed by atoms with E-state index < -0.39 is 5.41 Å². The fourth-order valence-corrected chi connectivity index (χ4v) is 2.16. The molecule has 0 radical (unpaired) electrons. The van der Waals surface area contributed by atoms with Crippen molar-refractivity contribution in [2.45, 2.75) is 13.8 Å². The molecule has 2 rings (SSSR count). The van der Waals surface area contributed by atoms with Crippen LogP contribution >= 0.6 is 11.8 Å². The fourth-order valence-electron chi connectivity index (χ4n) is 1.26. The highest BCUT2D eigenvalue weighted by Crippen LogP contribution is 2.33. The summed E-state index contributed by atoms with van der Waals surface area (Å²) in [4.78, 5) is 27.4. The van der Waals surface area contributed by atoms with E-state index in [9.17, 15) is 9.59 Å². The van der Waals surface area contributed by atoms with E-state index in [1.807, 2.05) is 30.3 Å². The van der Waals surface area contributed by atoms with Gasteiger partial charge < -0.3 is 0 Å². The van der Waals surface area contributed by atoms with Gasteiger partial charge in [-0.15, -0.1) is 0 Å². The smallest absolute Gasteiger partial charge is 0.260 e. The summed E-state index contributed by atoms with van der Waals surface area (Å²) < 4.78 is 0. The monoisotopic (exact) mass is 233 g/mol. The van der Waals surface area contributed by atoms with E-state index in [1.165, 1.54) is 0 Å². The summed E-state index contributed by atoms with van der Waals surface area (Å²) >= 11 is 1.04. The second-order valence-corrected chi connectivity index (χ2v) is 5.06. The minimum Gasteiger partial charge on any atom is -0.286 e. The first-order chi connectivity index (χ1) is 7.51. The first-order valence-corrected chi connectivity index (χ1v) is 5.74. The van der Waals surface area contributed by atoms with Crippen molar-refractivity contribution in [2.24, 2.45) is 10.4 Å². The standard InChI is InChI=1S/C12H11NO2S/c1-12(2)10(14)13-9(16-11(12)15)8-6-4-3-5-7-8/h3-7H,1-2H3. The molecule has 0 N–H and O–H groups in total. The number of hydrogen-bond donors (Lipinski definition) is 0. The first-order valence-electron chi connectivity index (χ1n) is 4.92. The van der Waals surface area contributed by atoms with Gasteiger partial charge in [-0.05, 0) is 25.6 Å². The summed E-state index contributed by atoms with van der Waals surface area (Å²) in [6.45, 7) is 3.21. The molecule has 4 heteroatoms. The maximum absolute atomic E-state index is 11.8. The van der Waals surface area contributed by atoms with Gasteiger partial charge in [-0.25, -0.2) is 4.99 Å². The maximum Gasteiger partial charge on any atom is 0.260 e. The first kappa shape index (κ1) is 11.1. The Morgan fingerprint density at radius 1 is 1.12 bits per heavy atom. The second-order valence-electron chi connectivity index (χ2n) is 4.10. The molecule has 0 fully saturated rings. The van der Waals surface area contributed by atoms with Gasteiger partial charge in [0.1, 0.15) is 10.5 Å². The van der Waals surface area contributed by atoms with Crippen molar-refractivity contribution in [3.05, 3.63) is 35.9 Å². The van der Waals surface area contributed by atoms with E-state index >= 15 is 0 Å². The molecule has 0 saturated carbocycles. The SMILES string of the molecule is CC1(C)C(=O)N=C(c2ccccc2)SC1=O. The lowest BCUT2D eigenvalue weighted by Gasteiger charge is -2.23. The summed E-state index contributed by atoms with van der Waals surface area (Å²) in [5.74, 6) is -0.366. The Hall–Kier alpha value is -1.42. The molecule has 1 heterocycles. The molecule has 0 unspecified atom stereocenters. The average molecular weight is 233 g/mol. The molecule has 16 heavy (non-hydrogen) atoms. The summed E-state index contributed by atoms with van der Waals surface area (Å²) in [6, 6.07) is 9.26. The number of rotatable bonds is 1. The van der Waals surface area contributed by atoms with Crippen LogP contribution in [0.3, 0.4) is 0 Å². The van der Waals surface area contributed by atoms with Crippen LogP contribution in [0, 0.1) is 5.41 Å². The molecule has 0 atom stereocenters. The van der Waals surface area contributed by atoms with E-state index in [4.69, 9.17) is 0 Å². The molecule has 0 spiro atoms. The van der Waals surface area contributed by atoms with Gasteiger partial charge in [-0.2, -0.15) is 0 Å². The summed E-state index contributed by atoms with van der Waals surface area (Å²) in [5.41, 5.74) is -0.187. The van der Waals surface area contributed by atoms with E-state index in [1.54, 1.807) is 13.8 Å². The Balaban J connectivity index is 2.41. The fraction of sp³-hybridized carbons (Fsp3) is 0.250.